The van der Waals surface area contributed by atoms with Gasteiger partial charge in [0, 0.05) is 5.54 Å². The van der Waals surface area contributed by atoms with Crippen molar-refractivity contribution in [2.45, 2.75) is 50.8 Å². The van der Waals surface area contributed by atoms with Gasteiger partial charge in [0.15, 0.2) is 23.2 Å². The maximum atomic E-state index is 11.5. The molecule has 0 aliphatic carbocycles. The number of ether oxygens (including phenoxy) is 1. The maximum Gasteiger partial charge on any atom is 1.00 e. The molecule has 2 N–H and O–H groups in total. The maximum absolute atomic E-state index is 11.5. The van der Waals surface area contributed by atoms with E-state index in [0.29, 0.717) is 17.0 Å². The van der Waals surface area contributed by atoms with Crippen LogP contribution in [0.15, 0.2) is 12.7 Å². The Morgan fingerprint density at radius 2 is 2.11 bits per heavy atom. The Balaban J connectivity index is 0.00000210. The van der Waals surface area contributed by atoms with E-state index in [2.05, 4.69) is 24.8 Å². The van der Waals surface area contributed by atoms with Gasteiger partial charge < -0.3 is 29.1 Å². The number of rotatable bonds is 2. The monoisotopic (exact) mass is 407 g/mol. The Morgan fingerprint density at radius 3 is 2.81 bits per heavy atom. The third-order valence-electron chi connectivity index (χ3n) is 4.08. The number of hydrogen-bond donors (Lipinski definition) is 2. The van der Waals surface area contributed by atoms with Crippen LogP contribution in [0, 0.1) is 0 Å². The SMILES string of the molecule is CC(C)(C)Nc1ncnc2c1ncn2[C@@H]1O[C@@H]2COP(=O)([O-])O[C@H]2[C@H]1O.[Na+]. The van der Waals surface area contributed by atoms with Gasteiger partial charge in [0.05, 0.1) is 12.9 Å². The normalized spacial score (nSPS) is 33.5. The molecule has 13 heteroatoms. The molecule has 5 atom stereocenters. The number of phosphoric acid groups is 1. The molecule has 4 rings (SSSR count). The van der Waals surface area contributed by atoms with Crippen molar-refractivity contribution >= 4 is 24.8 Å². The van der Waals surface area contributed by atoms with E-state index in [4.69, 9.17) is 9.26 Å². The topological polar surface area (TPSA) is 144 Å². The fraction of sp³-hybridized carbons (Fsp3) is 0.643. The van der Waals surface area contributed by atoms with E-state index < -0.39 is 32.4 Å². The van der Waals surface area contributed by atoms with Crippen LogP contribution >= 0.6 is 7.82 Å². The molecule has 11 nitrogen and oxygen atoms in total. The number of fused-ring (bicyclic) bond motifs is 2. The molecule has 0 bridgehead atoms. The quantitative estimate of drug-likeness (QED) is 0.395. The van der Waals surface area contributed by atoms with Gasteiger partial charge in [-0.1, -0.05) is 0 Å². The average Bonchev–Trinajstić information content (AvgIpc) is 3.08. The molecule has 2 aliphatic rings. The zero-order chi connectivity index (χ0) is 18.7. The zero-order valence-corrected chi connectivity index (χ0v) is 18.3. The van der Waals surface area contributed by atoms with E-state index in [1.165, 1.54) is 17.2 Å². The average molecular weight is 407 g/mol. The van der Waals surface area contributed by atoms with Gasteiger partial charge in [-0.2, -0.15) is 0 Å². The molecule has 0 radical (unpaired) electrons. The van der Waals surface area contributed by atoms with Crippen LogP contribution in [0.2, 0.25) is 0 Å². The number of phosphoric ester groups is 1. The molecule has 1 unspecified atom stereocenters. The predicted molar refractivity (Wildman–Crippen MR) is 87.0 cm³/mol. The molecule has 0 amide bonds. The van der Waals surface area contributed by atoms with Crippen molar-refractivity contribution in [3.05, 3.63) is 12.7 Å². The molecule has 0 saturated carbocycles. The Morgan fingerprint density at radius 1 is 1.37 bits per heavy atom. The second-order valence-electron chi connectivity index (χ2n) is 7.29. The smallest absolute Gasteiger partial charge is 0.756 e. The third-order valence-corrected chi connectivity index (χ3v) is 5.05. The van der Waals surface area contributed by atoms with Gasteiger partial charge in [-0.25, -0.2) is 15.0 Å². The molecule has 2 aromatic rings. The number of hydrogen-bond acceptors (Lipinski definition) is 10. The minimum Gasteiger partial charge on any atom is -0.756 e. The Hall–Kier alpha value is -0.620. The standard InChI is InChI=1S/C14H20N5O6P.Na/c1-14(2,3)18-11-8-12(16-5-15-11)19(6-17-8)13-9(20)10-7(24-13)4-23-26(21,22)25-10;/h5-7,9-10,13,20H,4H2,1-3H3,(H,21,22)(H,15,16,18);/q;+1/p-1/t7-,9-,10-,13-;/m1./s1. The Bertz CT molecular complexity index is 888. The second-order valence-corrected chi connectivity index (χ2v) is 8.65. The number of aliphatic hydroxyl groups excluding tert-OH is 1. The summed E-state index contributed by atoms with van der Waals surface area (Å²) in [5.41, 5.74) is 0.726. The molecule has 0 aromatic carbocycles. The summed E-state index contributed by atoms with van der Waals surface area (Å²) in [6.07, 6.45) is -1.03. The van der Waals surface area contributed by atoms with Crippen LogP contribution in [0.25, 0.3) is 11.2 Å². The molecule has 27 heavy (non-hydrogen) atoms. The van der Waals surface area contributed by atoms with Gasteiger partial charge >= 0.3 is 29.6 Å². The molecule has 2 aromatic heterocycles. The van der Waals surface area contributed by atoms with E-state index in [1.54, 1.807) is 0 Å². The van der Waals surface area contributed by atoms with E-state index in [0.717, 1.165) is 0 Å². The number of anilines is 1. The molecule has 0 spiro atoms. The van der Waals surface area contributed by atoms with Crippen LogP contribution < -0.4 is 39.8 Å². The predicted octanol–water partition coefficient (Wildman–Crippen LogP) is -2.82. The summed E-state index contributed by atoms with van der Waals surface area (Å²) >= 11 is 0. The first-order chi connectivity index (χ1) is 12.1. The first-order valence-electron chi connectivity index (χ1n) is 8.08. The van der Waals surface area contributed by atoms with Gasteiger partial charge in [0.1, 0.15) is 24.6 Å². The van der Waals surface area contributed by atoms with Crippen molar-refractivity contribution in [1.29, 1.82) is 0 Å². The molecular weight excluding hydrogens is 388 g/mol. The van der Waals surface area contributed by atoms with Crippen LogP contribution in [0.1, 0.15) is 27.0 Å². The largest absolute Gasteiger partial charge is 1.00 e. The third kappa shape index (κ3) is 4.07. The van der Waals surface area contributed by atoms with Crippen molar-refractivity contribution < 1.29 is 57.9 Å². The van der Waals surface area contributed by atoms with Crippen molar-refractivity contribution in [2.75, 3.05) is 11.9 Å². The van der Waals surface area contributed by atoms with Gasteiger partial charge in [-0.15, -0.1) is 0 Å². The van der Waals surface area contributed by atoms with Gasteiger partial charge in [0.25, 0.3) is 7.82 Å². The van der Waals surface area contributed by atoms with Gasteiger partial charge in [-0.3, -0.25) is 9.13 Å². The van der Waals surface area contributed by atoms with E-state index in [9.17, 15) is 14.6 Å². The van der Waals surface area contributed by atoms with Crippen LogP contribution in [-0.4, -0.2) is 55.1 Å². The summed E-state index contributed by atoms with van der Waals surface area (Å²) in [5.74, 6) is 0.551. The van der Waals surface area contributed by atoms with Crippen molar-refractivity contribution in [1.82, 2.24) is 19.5 Å². The van der Waals surface area contributed by atoms with Crippen molar-refractivity contribution in [3.63, 3.8) is 0 Å². The summed E-state index contributed by atoms with van der Waals surface area (Å²) in [6.45, 7) is 5.76. The van der Waals surface area contributed by atoms with Crippen LogP contribution in [0.5, 0.6) is 0 Å². The summed E-state index contributed by atoms with van der Waals surface area (Å²) in [7, 11) is -4.43. The first-order valence-corrected chi connectivity index (χ1v) is 9.54. The van der Waals surface area contributed by atoms with Crippen molar-refractivity contribution in [3.8, 4) is 0 Å². The van der Waals surface area contributed by atoms with Gasteiger partial charge in [-0.05, 0) is 20.8 Å². The van der Waals surface area contributed by atoms with E-state index in [1.807, 2.05) is 20.8 Å². The number of nitrogens with zero attached hydrogens (tertiary/aromatic N) is 4. The molecule has 4 heterocycles. The zero-order valence-electron chi connectivity index (χ0n) is 15.4. The van der Waals surface area contributed by atoms with Crippen molar-refractivity contribution in [2.24, 2.45) is 0 Å². The van der Waals surface area contributed by atoms with Crippen LogP contribution in [0.3, 0.4) is 0 Å². The molecular formula is C14H19N5NaO6P. The summed E-state index contributed by atoms with van der Waals surface area (Å²) in [6, 6.07) is 0. The number of aromatic nitrogens is 4. The summed E-state index contributed by atoms with van der Waals surface area (Å²) in [5, 5.41) is 13.8. The minimum absolute atomic E-state index is 0. The molecule has 2 fully saturated rings. The minimum atomic E-state index is -4.43. The Kier molecular flexibility index (Phi) is 5.72. The molecule has 142 valence electrons. The number of nitrogens with one attached hydrogen (secondary N) is 1. The first kappa shape index (κ1) is 21.1. The fourth-order valence-corrected chi connectivity index (χ4v) is 3.99. The number of imidazole rings is 1. The van der Waals surface area contributed by atoms with Gasteiger partial charge in [0.2, 0.25) is 0 Å². The molecule has 2 saturated heterocycles. The fourth-order valence-electron chi connectivity index (χ4n) is 3.04. The van der Waals surface area contributed by atoms with E-state index >= 15 is 0 Å². The second kappa shape index (κ2) is 7.33. The Labute approximate surface area is 177 Å². The number of aliphatic hydroxyl groups is 1. The summed E-state index contributed by atoms with van der Waals surface area (Å²) in [4.78, 5) is 24.3. The van der Waals surface area contributed by atoms with Crippen LogP contribution in [0.4, 0.5) is 5.82 Å². The van der Waals surface area contributed by atoms with E-state index in [-0.39, 0.29) is 41.7 Å². The summed E-state index contributed by atoms with van der Waals surface area (Å²) < 4.78 is 28.3. The van der Waals surface area contributed by atoms with Crippen LogP contribution in [-0.2, 0) is 18.3 Å². The molecule has 2 aliphatic heterocycles.